The molecule has 0 aliphatic carbocycles. The molecule has 0 atom stereocenters. The lowest BCUT2D eigenvalue weighted by molar-refractivity contribution is 0.100. The Kier molecular flexibility index (Phi) is 3.30. The molecule has 2 nitrogen and oxygen atoms in total. The highest BCUT2D eigenvalue weighted by molar-refractivity contribution is 7.26. The van der Waals surface area contributed by atoms with Gasteiger partial charge in [0.05, 0.1) is 0 Å². The maximum Gasteiger partial charge on any atom is 0.249 e. The van der Waals surface area contributed by atoms with Crippen LogP contribution >= 0.6 is 11.3 Å². The van der Waals surface area contributed by atoms with E-state index in [0.29, 0.717) is 5.56 Å². The molecule has 0 aliphatic heterocycles. The van der Waals surface area contributed by atoms with Gasteiger partial charge in [0.25, 0.3) is 0 Å². The molecule has 1 aromatic heterocycles. The van der Waals surface area contributed by atoms with Crippen LogP contribution in [0.25, 0.3) is 42.1 Å². The van der Waals surface area contributed by atoms with Crippen molar-refractivity contribution in [2.45, 2.75) is 0 Å². The van der Waals surface area contributed by atoms with Gasteiger partial charge in [-0.15, -0.1) is 11.3 Å². The first-order valence-corrected chi connectivity index (χ1v) is 9.28. The zero-order valence-corrected chi connectivity index (χ0v) is 14.7. The summed E-state index contributed by atoms with van der Waals surface area (Å²) in [6.07, 6.45) is 0. The van der Waals surface area contributed by atoms with Crippen molar-refractivity contribution in [2.75, 3.05) is 0 Å². The van der Waals surface area contributed by atoms with Crippen molar-refractivity contribution >= 4 is 48.2 Å². The number of hydrogen-bond acceptors (Lipinski definition) is 2. The molecule has 1 heterocycles. The average Bonchev–Trinajstić information content (AvgIpc) is 3.07. The second kappa shape index (κ2) is 5.68. The summed E-state index contributed by atoms with van der Waals surface area (Å²) in [6, 6.07) is 26.6. The smallest absolute Gasteiger partial charge is 0.249 e. The quantitative estimate of drug-likeness (QED) is 0.417. The molecule has 26 heavy (non-hydrogen) atoms. The van der Waals surface area contributed by atoms with Crippen LogP contribution in [0.1, 0.15) is 10.4 Å². The fourth-order valence-electron chi connectivity index (χ4n) is 3.71. The number of primary amides is 1. The van der Waals surface area contributed by atoms with Crippen molar-refractivity contribution in [1.82, 2.24) is 0 Å². The zero-order chi connectivity index (χ0) is 17.7. The van der Waals surface area contributed by atoms with Gasteiger partial charge in [-0.25, -0.2) is 0 Å². The van der Waals surface area contributed by atoms with E-state index in [2.05, 4.69) is 48.5 Å². The number of carbonyl (C=O) groups excluding carboxylic acids is 1. The Labute approximate surface area is 154 Å². The first kappa shape index (κ1) is 15.1. The zero-order valence-electron chi connectivity index (χ0n) is 13.9. The van der Waals surface area contributed by atoms with E-state index in [-0.39, 0.29) is 0 Å². The van der Waals surface area contributed by atoms with E-state index in [1.807, 2.05) is 24.3 Å². The Morgan fingerprint density at radius 2 is 1.46 bits per heavy atom. The molecule has 4 aromatic carbocycles. The van der Waals surface area contributed by atoms with Crippen LogP contribution in [0.2, 0.25) is 0 Å². The molecule has 0 spiro atoms. The summed E-state index contributed by atoms with van der Waals surface area (Å²) in [6.45, 7) is 0. The lowest BCUT2D eigenvalue weighted by Crippen LogP contribution is -2.12. The molecule has 2 N–H and O–H groups in total. The fraction of sp³-hybridized carbons (Fsp3) is 0. The van der Waals surface area contributed by atoms with Gasteiger partial charge < -0.3 is 5.73 Å². The molecule has 0 saturated heterocycles. The van der Waals surface area contributed by atoms with Crippen LogP contribution in [0.15, 0.2) is 78.9 Å². The molecule has 0 fully saturated rings. The SMILES string of the molecule is NC(=O)c1ccccc1-c1cc2ccccc2c2c1sc1ccccc12. The average molecular weight is 353 g/mol. The molecule has 5 aromatic rings. The van der Waals surface area contributed by atoms with E-state index >= 15 is 0 Å². The molecular formula is C23H15NOS. The van der Waals surface area contributed by atoms with Crippen LogP contribution < -0.4 is 5.73 Å². The second-order valence-corrected chi connectivity index (χ2v) is 7.41. The van der Waals surface area contributed by atoms with Gasteiger partial charge >= 0.3 is 0 Å². The van der Waals surface area contributed by atoms with Crippen molar-refractivity contribution in [3.8, 4) is 11.1 Å². The van der Waals surface area contributed by atoms with E-state index < -0.39 is 5.91 Å². The summed E-state index contributed by atoms with van der Waals surface area (Å²) in [5.74, 6) is -0.400. The van der Waals surface area contributed by atoms with E-state index in [1.165, 1.54) is 25.6 Å². The van der Waals surface area contributed by atoms with Crippen LogP contribution in [0, 0.1) is 0 Å². The molecule has 0 saturated carbocycles. The Bertz CT molecular complexity index is 1320. The van der Waals surface area contributed by atoms with Crippen molar-refractivity contribution in [2.24, 2.45) is 5.73 Å². The minimum atomic E-state index is -0.400. The van der Waals surface area contributed by atoms with Gasteiger partial charge in [-0.2, -0.15) is 0 Å². The van der Waals surface area contributed by atoms with Crippen molar-refractivity contribution in [1.29, 1.82) is 0 Å². The molecule has 1 amide bonds. The second-order valence-electron chi connectivity index (χ2n) is 6.36. The molecular weight excluding hydrogens is 338 g/mol. The number of rotatable bonds is 2. The predicted molar refractivity (Wildman–Crippen MR) is 111 cm³/mol. The van der Waals surface area contributed by atoms with E-state index in [4.69, 9.17) is 5.73 Å². The normalized spacial score (nSPS) is 11.4. The molecule has 0 bridgehead atoms. The third kappa shape index (κ3) is 2.14. The summed E-state index contributed by atoms with van der Waals surface area (Å²) in [5.41, 5.74) is 8.16. The van der Waals surface area contributed by atoms with Gasteiger partial charge in [0.1, 0.15) is 0 Å². The Balaban J connectivity index is 2.02. The molecule has 0 aliphatic rings. The highest BCUT2D eigenvalue weighted by Gasteiger charge is 2.17. The van der Waals surface area contributed by atoms with Crippen molar-refractivity contribution < 1.29 is 4.79 Å². The summed E-state index contributed by atoms with van der Waals surface area (Å²) in [7, 11) is 0. The fourth-order valence-corrected chi connectivity index (χ4v) is 4.95. The van der Waals surface area contributed by atoms with Crippen molar-refractivity contribution in [3.63, 3.8) is 0 Å². The highest BCUT2D eigenvalue weighted by atomic mass is 32.1. The van der Waals surface area contributed by atoms with Gasteiger partial charge in [0.15, 0.2) is 0 Å². The number of fused-ring (bicyclic) bond motifs is 5. The van der Waals surface area contributed by atoms with Crippen LogP contribution in [0.5, 0.6) is 0 Å². The van der Waals surface area contributed by atoms with E-state index in [9.17, 15) is 4.79 Å². The molecule has 0 unspecified atom stereocenters. The topological polar surface area (TPSA) is 43.1 Å². The monoisotopic (exact) mass is 353 g/mol. The van der Waals surface area contributed by atoms with E-state index in [0.717, 1.165) is 16.5 Å². The van der Waals surface area contributed by atoms with Crippen LogP contribution in [0.4, 0.5) is 0 Å². The minimum absolute atomic E-state index is 0.400. The Hall–Kier alpha value is -3.17. The largest absolute Gasteiger partial charge is 0.366 e. The van der Waals surface area contributed by atoms with Gasteiger partial charge in [-0.1, -0.05) is 60.7 Å². The summed E-state index contributed by atoms with van der Waals surface area (Å²) in [4.78, 5) is 12.0. The molecule has 0 radical (unpaired) electrons. The van der Waals surface area contributed by atoms with Gasteiger partial charge in [-0.05, 0) is 34.5 Å². The van der Waals surface area contributed by atoms with Crippen molar-refractivity contribution in [3.05, 3.63) is 84.4 Å². The van der Waals surface area contributed by atoms with Gasteiger partial charge in [0.2, 0.25) is 5.91 Å². The van der Waals surface area contributed by atoms with Crippen LogP contribution in [-0.2, 0) is 0 Å². The number of carbonyl (C=O) groups is 1. The lowest BCUT2D eigenvalue weighted by Gasteiger charge is -2.11. The van der Waals surface area contributed by atoms with Gasteiger partial charge in [0, 0.05) is 31.3 Å². The maximum atomic E-state index is 12.0. The summed E-state index contributed by atoms with van der Waals surface area (Å²) in [5, 5.41) is 4.90. The summed E-state index contributed by atoms with van der Waals surface area (Å²) >= 11 is 1.77. The Morgan fingerprint density at radius 3 is 2.31 bits per heavy atom. The number of thiophene rings is 1. The first-order chi connectivity index (χ1) is 12.7. The first-order valence-electron chi connectivity index (χ1n) is 8.46. The maximum absolute atomic E-state index is 12.0. The van der Waals surface area contributed by atoms with Gasteiger partial charge in [-0.3, -0.25) is 4.79 Å². The predicted octanol–water partition coefficient (Wildman–Crippen LogP) is 5.97. The summed E-state index contributed by atoms with van der Waals surface area (Å²) < 4.78 is 2.44. The molecule has 3 heteroatoms. The molecule has 5 rings (SSSR count). The van der Waals surface area contributed by atoms with E-state index in [1.54, 1.807) is 17.4 Å². The number of benzene rings is 4. The third-order valence-electron chi connectivity index (χ3n) is 4.85. The molecule has 124 valence electrons. The number of hydrogen-bond donors (Lipinski definition) is 1. The van der Waals surface area contributed by atoms with Crippen LogP contribution in [-0.4, -0.2) is 5.91 Å². The lowest BCUT2D eigenvalue weighted by atomic mass is 9.94. The Morgan fingerprint density at radius 1 is 0.769 bits per heavy atom. The number of nitrogens with two attached hydrogens (primary N) is 1. The standard InChI is InChI=1S/C23H15NOS/c24-23(25)17-10-4-3-9-16(17)19-13-14-7-1-2-8-15(14)21-18-11-5-6-12-20(18)26-22(19)21/h1-13H,(H2,24,25). The highest BCUT2D eigenvalue weighted by Crippen LogP contribution is 2.44. The van der Waals surface area contributed by atoms with Crippen LogP contribution in [0.3, 0.4) is 0 Å². The minimum Gasteiger partial charge on any atom is -0.366 e. The third-order valence-corrected chi connectivity index (χ3v) is 6.06. The number of amides is 1.